The van der Waals surface area contributed by atoms with Crippen molar-refractivity contribution in [3.8, 4) is 11.5 Å². The molecular weight excluding hydrogens is 398 g/mol. The molecule has 0 amide bonds. The fourth-order valence-electron chi connectivity index (χ4n) is 3.57. The molecule has 0 atom stereocenters. The van der Waals surface area contributed by atoms with Crippen molar-refractivity contribution in [2.45, 2.75) is 26.7 Å². The second kappa shape index (κ2) is 9.47. The van der Waals surface area contributed by atoms with Crippen LogP contribution in [0.25, 0.3) is 10.9 Å². The molecule has 2 aromatic carbocycles. The molecule has 0 N–H and O–H groups in total. The van der Waals surface area contributed by atoms with Crippen LogP contribution in [0.15, 0.2) is 42.5 Å². The molecule has 0 saturated heterocycles. The predicted molar refractivity (Wildman–Crippen MR) is 116 cm³/mol. The third-order valence-corrected chi connectivity index (χ3v) is 5.09. The van der Waals surface area contributed by atoms with Crippen LogP contribution in [0.4, 0.5) is 0 Å². The molecule has 0 radical (unpaired) electrons. The zero-order chi connectivity index (χ0) is 22.5. The lowest BCUT2D eigenvalue weighted by Crippen LogP contribution is -2.14. The van der Waals surface area contributed by atoms with E-state index in [0.717, 1.165) is 0 Å². The summed E-state index contributed by atoms with van der Waals surface area (Å²) in [5.41, 5.74) is 1.97. The number of methoxy groups -OCH3 is 2. The molecule has 1 heterocycles. The van der Waals surface area contributed by atoms with E-state index in [4.69, 9.17) is 14.2 Å². The highest BCUT2D eigenvalue weighted by molar-refractivity contribution is 6.14. The number of esters is 1. The van der Waals surface area contributed by atoms with Crippen LogP contribution >= 0.6 is 0 Å². The van der Waals surface area contributed by atoms with Crippen molar-refractivity contribution in [1.29, 1.82) is 0 Å². The summed E-state index contributed by atoms with van der Waals surface area (Å²) in [5, 5.41) is 0.604. The Balaban J connectivity index is 2.07. The Morgan fingerprint density at radius 3 is 2.16 bits per heavy atom. The van der Waals surface area contributed by atoms with Crippen LogP contribution in [-0.4, -0.2) is 43.1 Å². The van der Waals surface area contributed by atoms with Gasteiger partial charge in [-0.05, 0) is 56.3 Å². The molecular formula is C24H25NO6. The minimum absolute atomic E-state index is 0.00722. The second-order valence-corrected chi connectivity index (χ2v) is 6.94. The van der Waals surface area contributed by atoms with Crippen LogP contribution in [0.5, 0.6) is 11.5 Å². The molecule has 0 aliphatic rings. The van der Waals surface area contributed by atoms with Crippen LogP contribution in [0.1, 0.15) is 46.2 Å². The summed E-state index contributed by atoms with van der Waals surface area (Å²) in [7, 11) is 3.10. The molecule has 162 valence electrons. The second-order valence-electron chi connectivity index (χ2n) is 6.94. The van der Waals surface area contributed by atoms with Gasteiger partial charge in [0.25, 0.3) is 5.91 Å². The predicted octanol–water partition coefficient (Wildman–Crippen LogP) is 4.18. The highest BCUT2D eigenvalue weighted by Crippen LogP contribution is 2.31. The number of Topliss-reactive ketones (excluding diaryl/α,β-unsaturated/α-hetero) is 1. The van der Waals surface area contributed by atoms with Crippen molar-refractivity contribution in [2.75, 3.05) is 20.8 Å². The lowest BCUT2D eigenvalue weighted by Gasteiger charge is -2.08. The van der Waals surface area contributed by atoms with Gasteiger partial charge in [-0.2, -0.15) is 0 Å². The standard InChI is InChI=1S/C24H25NO6/c1-5-31-22(27)13-12-21(26)23-15(2)25(20-11-10-18(30-4)14-19(20)23)24(28)16-6-8-17(29-3)9-7-16/h6-11,14H,5,12-13H2,1-4H3. The monoisotopic (exact) mass is 423 g/mol. The van der Waals surface area contributed by atoms with Crippen LogP contribution in [0.2, 0.25) is 0 Å². The van der Waals surface area contributed by atoms with E-state index in [1.807, 2.05) is 0 Å². The summed E-state index contributed by atoms with van der Waals surface area (Å²) in [4.78, 5) is 38.1. The van der Waals surface area contributed by atoms with Crippen LogP contribution < -0.4 is 9.47 Å². The van der Waals surface area contributed by atoms with Gasteiger partial charge in [0.1, 0.15) is 11.5 Å². The van der Waals surface area contributed by atoms with E-state index in [-0.39, 0.29) is 31.1 Å². The Bertz CT molecular complexity index is 1130. The topological polar surface area (TPSA) is 83.8 Å². The van der Waals surface area contributed by atoms with Gasteiger partial charge in [-0.1, -0.05) is 0 Å². The Kier molecular flexibility index (Phi) is 6.74. The maximum absolute atomic E-state index is 13.3. The lowest BCUT2D eigenvalue weighted by atomic mass is 10.0. The van der Waals surface area contributed by atoms with E-state index in [0.29, 0.717) is 39.2 Å². The number of benzene rings is 2. The van der Waals surface area contributed by atoms with E-state index in [2.05, 4.69) is 0 Å². The van der Waals surface area contributed by atoms with Gasteiger partial charge >= 0.3 is 5.97 Å². The molecule has 31 heavy (non-hydrogen) atoms. The van der Waals surface area contributed by atoms with Crippen molar-refractivity contribution in [3.63, 3.8) is 0 Å². The maximum Gasteiger partial charge on any atom is 0.306 e. The third-order valence-electron chi connectivity index (χ3n) is 5.09. The fraction of sp³-hybridized carbons (Fsp3) is 0.292. The number of aromatic nitrogens is 1. The number of carbonyl (C=O) groups excluding carboxylic acids is 3. The Morgan fingerprint density at radius 2 is 1.55 bits per heavy atom. The van der Waals surface area contributed by atoms with Gasteiger partial charge in [0, 0.05) is 28.6 Å². The number of carbonyl (C=O) groups is 3. The van der Waals surface area contributed by atoms with Gasteiger partial charge in [0.05, 0.1) is 32.8 Å². The van der Waals surface area contributed by atoms with Gasteiger partial charge in [0.15, 0.2) is 5.78 Å². The molecule has 0 spiro atoms. The molecule has 0 fully saturated rings. The molecule has 0 saturated carbocycles. The molecule has 0 aliphatic carbocycles. The lowest BCUT2D eigenvalue weighted by molar-refractivity contribution is -0.143. The first-order valence-corrected chi connectivity index (χ1v) is 9.97. The number of ketones is 1. The minimum atomic E-state index is -0.427. The average molecular weight is 423 g/mol. The van der Waals surface area contributed by atoms with Crippen LogP contribution in [0, 0.1) is 6.92 Å². The Morgan fingerprint density at radius 1 is 0.903 bits per heavy atom. The number of fused-ring (bicyclic) bond motifs is 1. The van der Waals surface area contributed by atoms with E-state index >= 15 is 0 Å². The van der Waals surface area contributed by atoms with Gasteiger partial charge in [-0.3, -0.25) is 19.0 Å². The third kappa shape index (κ3) is 4.45. The zero-order valence-electron chi connectivity index (χ0n) is 18.1. The fourth-order valence-corrected chi connectivity index (χ4v) is 3.57. The summed E-state index contributed by atoms with van der Waals surface area (Å²) >= 11 is 0. The molecule has 0 aliphatic heterocycles. The summed E-state index contributed by atoms with van der Waals surface area (Å²) in [6, 6.07) is 12.0. The summed E-state index contributed by atoms with van der Waals surface area (Å²) < 4.78 is 16.9. The Labute approximate surface area is 180 Å². The van der Waals surface area contributed by atoms with Crippen LogP contribution in [0.3, 0.4) is 0 Å². The van der Waals surface area contributed by atoms with Crippen LogP contribution in [-0.2, 0) is 9.53 Å². The average Bonchev–Trinajstić information content (AvgIpc) is 3.08. The molecule has 7 heteroatoms. The molecule has 0 unspecified atom stereocenters. The first-order valence-electron chi connectivity index (χ1n) is 9.97. The molecule has 1 aromatic heterocycles. The number of nitrogens with zero attached hydrogens (tertiary/aromatic N) is 1. The minimum Gasteiger partial charge on any atom is -0.497 e. The van der Waals surface area contributed by atoms with Crippen molar-refractivity contribution in [2.24, 2.45) is 0 Å². The smallest absolute Gasteiger partial charge is 0.306 e. The summed E-state index contributed by atoms with van der Waals surface area (Å²) in [6.07, 6.45) is -0.0259. The Hall–Kier alpha value is -3.61. The quantitative estimate of drug-likeness (QED) is 0.399. The summed E-state index contributed by atoms with van der Waals surface area (Å²) in [5.74, 6) is 0.292. The van der Waals surface area contributed by atoms with E-state index in [1.165, 1.54) is 11.7 Å². The maximum atomic E-state index is 13.3. The zero-order valence-corrected chi connectivity index (χ0v) is 18.1. The SMILES string of the molecule is CCOC(=O)CCC(=O)c1c(C)n(C(=O)c2ccc(OC)cc2)c2ccc(OC)cc12. The van der Waals surface area contributed by atoms with Gasteiger partial charge in [-0.15, -0.1) is 0 Å². The van der Waals surface area contributed by atoms with Crippen molar-refractivity contribution >= 4 is 28.6 Å². The highest BCUT2D eigenvalue weighted by atomic mass is 16.5. The van der Waals surface area contributed by atoms with E-state index in [9.17, 15) is 14.4 Å². The number of hydrogen-bond acceptors (Lipinski definition) is 6. The van der Waals surface area contributed by atoms with Gasteiger partial charge in [0.2, 0.25) is 0 Å². The van der Waals surface area contributed by atoms with Gasteiger partial charge in [-0.25, -0.2) is 0 Å². The number of ether oxygens (including phenoxy) is 3. The molecule has 3 aromatic rings. The number of rotatable bonds is 8. The largest absolute Gasteiger partial charge is 0.497 e. The van der Waals surface area contributed by atoms with Crippen molar-refractivity contribution in [1.82, 2.24) is 4.57 Å². The van der Waals surface area contributed by atoms with Crippen molar-refractivity contribution in [3.05, 3.63) is 59.3 Å². The normalized spacial score (nSPS) is 10.7. The highest BCUT2D eigenvalue weighted by Gasteiger charge is 2.24. The molecule has 7 nitrogen and oxygen atoms in total. The first kappa shape index (κ1) is 22.1. The summed E-state index contributed by atoms with van der Waals surface area (Å²) in [6.45, 7) is 3.71. The van der Waals surface area contributed by atoms with E-state index < -0.39 is 5.97 Å². The van der Waals surface area contributed by atoms with E-state index in [1.54, 1.807) is 63.4 Å². The molecule has 0 bridgehead atoms. The van der Waals surface area contributed by atoms with Gasteiger partial charge < -0.3 is 14.2 Å². The molecule has 3 rings (SSSR count). The van der Waals surface area contributed by atoms with Crippen molar-refractivity contribution < 1.29 is 28.6 Å². The first-order chi connectivity index (χ1) is 14.9. The number of hydrogen-bond donors (Lipinski definition) is 0.